The normalized spacial score (nSPS) is 29.2. The van der Waals surface area contributed by atoms with Gasteiger partial charge in [-0.1, -0.05) is 6.92 Å². The van der Waals surface area contributed by atoms with Gasteiger partial charge in [0.1, 0.15) is 0 Å². The van der Waals surface area contributed by atoms with Gasteiger partial charge in [0, 0.05) is 12.8 Å². The molecule has 1 aliphatic heterocycles. The Bertz CT molecular complexity index is 217. The second kappa shape index (κ2) is 3.10. The van der Waals surface area contributed by atoms with Crippen LogP contribution in [0.1, 0.15) is 13.8 Å². The molecule has 0 radical (unpaired) electrons. The van der Waals surface area contributed by atoms with Gasteiger partial charge in [0.15, 0.2) is 0 Å². The van der Waals surface area contributed by atoms with Crippen LogP contribution in [-0.2, 0) is 14.4 Å². The van der Waals surface area contributed by atoms with Gasteiger partial charge in [-0.15, -0.1) is 0 Å². The zero-order valence-electron chi connectivity index (χ0n) is 7.11. The van der Waals surface area contributed by atoms with Gasteiger partial charge in [0.25, 0.3) is 5.91 Å². The molecule has 0 aromatic heterocycles. The fraction of sp³-hybridized carbons (Fsp3) is 0.714. The van der Waals surface area contributed by atoms with E-state index in [1.54, 1.807) is 0 Å². The van der Waals surface area contributed by atoms with Crippen LogP contribution in [0.25, 0.3) is 0 Å². The lowest BCUT2D eigenvalue weighted by Gasteiger charge is -2.12. The van der Waals surface area contributed by atoms with Crippen LogP contribution < -0.4 is 5.73 Å². The Labute approximate surface area is 70.4 Å². The Balaban J connectivity index is 2.59. The number of nitrogens with two attached hydrogens (primary N) is 1. The molecule has 1 fully saturated rings. The van der Waals surface area contributed by atoms with Crippen LogP contribution in [0.15, 0.2) is 0 Å². The highest BCUT2D eigenvalue weighted by atomic mass is 16.7. The van der Waals surface area contributed by atoms with E-state index in [1.165, 1.54) is 6.92 Å². The van der Waals surface area contributed by atoms with Crippen LogP contribution >= 0.6 is 0 Å². The van der Waals surface area contributed by atoms with Crippen LogP contribution in [0.3, 0.4) is 0 Å². The molecular formula is C7H12N2O3. The summed E-state index contributed by atoms with van der Waals surface area (Å²) in [6.07, 6.45) is 0. The lowest BCUT2D eigenvalue weighted by atomic mass is 10.1. The van der Waals surface area contributed by atoms with Crippen molar-refractivity contribution in [3.8, 4) is 0 Å². The summed E-state index contributed by atoms with van der Waals surface area (Å²) in [5.41, 5.74) is 5.51. The van der Waals surface area contributed by atoms with Crippen molar-refractivity contribution in [2.75, 3.05) is 6.54 Å². The quantitative estimate of drug-likeness (QED) is 0.566. The van der Waals surface area contributed by atoms with Crippen LogP contribution in [0.2, 0.25) is 0 Å². The Kier molecular flexibility index (Phi) is 2.32. The smallest absolute Gasteiger partial charge is 0.329 e. The van der Waals surface area contributed by atoms with E-state index in [2.05, 4.69) is 4.84 Å². The standard InChI is InChI=1S/C7H12N2O3/c1-4-3-9(12-5(2)10)7(11)6(4)8/h4,6H,3,8H2,1-2H3/t4-,6+/m1/s1. The van der Waals surface area contributed by atoms with E-state index < -0.39 is 12.0 Å². The lowest BCUT2D eigenvalue weighted by molar-refractivity contribution is -0.191. The van der Waals surface area contributed by atoms with Crippen molar-refractivity contribution >= 4 is 11.9 Å². The van der Waals surface area contributed by atoms with Gasteiger partial charge in [-0.2, -0.15) is 5.06 Å². The Hall–Kier alpha value is -1.10. The van der Waals surface area contributed by atoms with Crippen molar-refractivity contribution in [1.82, 2.24) is 5.06 Å². The number of carbonyl (C=O) groups excluding carboxylic acids is 2. The molecule has 0 spiro atoms. The molecule has 0 aromatic rings. The SMILES string of the molecule is CC(=O)ON1C[C@@H](C)[C@H](N)C1=O. The molecule has 0 unspecified atom stereocenters. The first-order valence-electron chi connectivity index (χ1n) is 3.78. The van der Waals surface area contributed by atoms with Crippen LogP contribution in [0.4, 0.5) is 0 Å². The summed E-state index contributed by atoms with van der Waals surface area (Å²) in [7, 11) is 0. The molecule has 2 N–H and O–H groups in total. The molecule has 0 aromatic carbocycles. The summed E-state index contributed by atoms with van der Waals surface area (Å²) in [4.78, 5) is 26.3. The number of hydroxylamine groups is 2. The third-order valence-electron chi connectivity index (χ3n) is 1.84. The number of carbonyl (C=O) groups is 2. The second-order valence-corrected chi connectivity index (χ2v) is 2.99. The van der Waals surface area contributed by atoms with Gasteiger partial charge in [0.05, 0.1) is 12.6 Å². The predicted octanol–water partition coefficient (Wildman–Crippen LogP) is -0.730. The maximum Gasteiger partial charge on any atom is 0.329 e. The van der Waals surface area contributed by atoms with E-state index in [1.807, 2.05) is 6.92 Å². The van der Waals surface area contributed by atoms with E-state index in [9.17, 15) is 9.59 Å². The van der Waals surface area contributed by atoms with E-state index in [0.29, 0.717) is 6.54 Å². The van der Waals surface area contributed by atoms with Crippen molar-refractivity contribution in [1.29, 1.82) is 0 Å². The predicted molar refractivity (Wildman–Crippen MR) is 40.6 cm³/mol. The van der Waals surface area contributed by atoms with Crippen molar-refractivity contribution in [3.05, 3.63) is 0 Å². The van der Waals surface area contributed by atoms with Gasteiger partial charge in [0.2, 0.25) is 0 Å². The summed E-state index contributed by atoms with van der Waals surface area (Å²) < 4.78 is 0. The Morgan fingerprint density at radius 2 is 2.33 bits per heavy atom. The number of amides is 1. The molecule has 12 heavy (non-hydrogen) atoms. The van der Waals surface area contributed by atoms with E-state index >= 15 is 0 Å². The van der Waals surface area contributed by atoms with Crippen molar-refractivity contribution < 1.29 is 14.4 Å². The summed E-state index contributed by atoms with van der Waals surface area (Å²) >= 11 is 0. The minimum atomic E-state index is -0.538. The summed E-state index contributed by atoms with van der Waals surface area (Å²) in [5, 5.41) is 1.03. The minimum Gasteiger partial charge on any atom is -0.338 e. The third kappa shape index (κ3) is 1.55. The van der Waals surface area contributed by atoms with Gasteiger partial charge in [-0.05, 0) is 0 Å². The average Bonchev–Trinajstić information content (AvgIpc) is 2.17. The molecule has 1 amide bonds. The lowest BCUT2D eigenvalue weighted by Crippen LogP contribution is -2.36. The highest BCUT2D eigenvalue weighted by molar-refractivity contribution is 5.84. The fourth-order valence-electron chi connectivity index (χ4n) is 1.11. The molecular weight excluding hydrogens is 160 g/mol. The van der Waals surface area contributed by atoms with Crippen LogP contribution in [0.5, 0.6) is 0 Å². The number of rotatable bonds is 1. The molecule has 5 heteroatoms. The first kappa shape index (κ1) is 8.99. The molecule has 0 aliphatic carbocycles. The Morgan fingerprint density at radius 3 is 2.67 bits per heavy atom. The minimum absolute atomic E-state index is 0.0387. The van der Waals surface area contributed by atoms with Gasteiger partial charge >= 0.3 is 5.97 Å². The van der Waals surface area contributed by atoms with Crippen molar-refractivity contribution in [2.24, 2.45) is 11.7 Å². The molecule has 1 rings (SSSR count). The molecule has 1 heterocycles. The Morgan fingerprint density at radius 1 is 1.75 bits per heavy atom. The van der Waals surface area contributed by atoms with Gasteiger partial charge < -0.3 is 10.6 Å². The fourth-order valence-corrected chi connectivity index (χ4v) is 1.11. The molecule has 68 valence electrons. The molecule has 0 bridgehead atoms. The summed E-state index contributed by atoms with van der Waals surface area (Å²) in [6.45, 7) is 3.48. The average molecular weight is 172 g/mol. The van der Waals surface area contributed by atoms with Crippen LogP contribution in [0, 0.1) is 5.92 Å². The molecule has 5 nitrogen and oxygen atoms in total. The second-order valence-electron chi connectivity index (χ2n) is 2.99. The van der Waals surface area contributed by atoms with Crippen LogP contribution in [-0.4, -0.2) is 29.5 Å². The van der Waals surface area contributed by atoms with E-state index in [4.69, 9.17) is 5.73 Å². The zero-order chi connectivity index (χ0) is 9.30. The summed E-state index contributed by atoms with van der Waals surface area (Å²) in [5.74, 6) is -0.779. The summed E-state index contributed by atoms with van der Waals surface area (Å²) in [6, 6.07) is -0.538. The first-order valence-corrected chi connectivity index (χ1v) is 3.78. The number of hydrogen-bond donors (Lipinski definition) is 1. The molecule has 2 atom stereocenters. The van der Waals surface area contributed by atoms with E-state index in [0.717, 1.165) is 5.06 Å². The maximum atomic E-state index is 11.2. The van der Waals surface area contributed by atoms with Gasteiger partial charge in [-0.3, -0.25) is 9.59 Å². The highest BCUT2D eigenvalue weighted by Gasteiger charge is 2.37. The van der Waals surface area contributed by atoms with Crippen molar-refractivity contribution in [3.63, 3.8) is 0 Å². The molecule has 1 saturated heterocycles. The van der Waals surface area contributed by atoms with Gasteiger partial charge in [-0.25, -0.2) is 0 Å². The monoisotopic (exact) mass is 172 g/mol. The van der Waals surface area contributed by atoms with Crippen molar-refractivity contribution in [2.45, 2.75) is 19.9 Å². The third-order valence-corrected chi connectivity index (χ3v) is 1.84. The largest absolute Gasteiger partial charge is 0.338 e. The molecule has 1 aliphatic rings. The number of hydrogen-bond acceptors (Lipinski definition) is 4. The first-order chi connectivity index (χ1) is 5.52. The molecule has 0 saturated carbocycles. The topological polar surface area (TPSA) is 72.6 Å². The van der Waals surface area contributed by atoms with E-state index in [-0.39, 0.29) is 11.8 Å². The highest BCUT2D eigenvalue weighted by Crippen LogP contribution is 2.15. The maximum absolute atomic E-state index is 11.2. The number of nitrogens with zero attached hydrogens (tertiary/aromatic N) is 1. The zero-order valence-corrected chi connectivity index (χ0v) is 7.11.